The van der Waals surface area contributed by atoms with Crippen molar-refractivity contribution >= 4 is 5.91 Å². The third-order valence-electron chi connectivity index (χ3n) is 4.43. The van der Waals surface area contributed by atoms with Crippen molar-refractivity contribution in [1.29, 1.82) is 0 Å². The molecule has 1 saturated carbocycles. The van der Waals surface area contributed by atoms with Gasteiger partial charge in [-0.2, -0.15) is 0 Å². The van der Waals surface area contributed by atoms with Crippen molar-refractivity contribution in [2.24, 2.45) is 11.8 Å². The van der Waals surface area contributed by atoms with Gasteiger partial charge in [0.05, 0.1) is 0 Å². The van der Waals surface area contributed by atoms with Crippen molar-refractivity contribution in [2.45, 2.75) is 44.6 Å². The first kappa shape index (κ1) is 13.8. The van der Waals surface area contributed by atoms with Gasteiger partial charge in [0.2, 0.25) is 5.91 Å². The van der Waals surface area contributed by atoms with Gasteiger partial charge in [-0.15, -0.1) is 0 Å². The molecule has 0 aromatic carbocycles. The third-order valence-corrected chi connectivity index (χ3v) is 4.43. The molecule has 1 saturated heterocycles. The number of nitrogens with one attached hydrogen (secondary N) is 1. The summed E-state index contributed by atoms with van der Waals surface area (Å²) >= 11 is 0. The zero-order valence-electron chi connectivity index (χ0n) is 11.4. The first-order chi connectivity index (χ1) is 8.67. The second-order valence-corrected chi connectivity index (χ2v) is 6.09. The van der Waals surface area contributed by atoms with E-state index >= 15 is 0 Å². The van der Waals surface area contributed by atoms with Crippen LogP contribution >= 0.6 is 0 Å². The standard InChI is InChI=1S/C14H26N2O2/c1-16-7-6-12(9-16)8-14(18)15-13-4-2-11(10-17)3-5-13/h11-13,17H,2-10H2,1H3,(H,15,18). The average Bonchev–Trinajstić information content (AvgIpc) is 2.75. The SMILES string of the molecule is CN1CCC(CC(=O)NC2CCC(CO)CC2)C1. The van der Waals surface area contributed by atoms with E-state index in [2.05, 4.69) is 17.3 Å². The molecule has 18 heavy (non-hydrogen) atoms. The van der Waals surface area contributed by atoms with Gasteiger partial charge in [-0.05, 0) is 57.5 Å². The van der Waals surface area contributed by atoms with Gasteiger partial charge in [0.1, 0.15) is 0 Å². The molecule has 0 aromatic rings. The molecule has 4 nitrogen and oxygen atoms in total. The van der Waals surface area contributed by atoms with Gasteiger partial charge in [0.15, 0.2) is 0 Å². The fourth-order valence-electron chi connectivity index (χ4n) is 3.23. The normalized spacial score (nSPS) is 33.6. The van der Waals surface area contributed by atoms with Crippen LogP contribution in [0.15, 0.2) is 0 Å². The number of amides is 1. The highest BCUT2D eigenvalue weighted by atomic mass is 16.3. The molecule has 0 aromatic heterocycles. The number of hydrogen-bond donors (Lipinski definition) is 2. The van der Waals surface area contributed by atoms with E-state index < -0.39 is 0 Å². The van der Waals surface area contributed by atoms with E-state index in [1.54, 1.807) is 0 Å². The van der Waals surface area contributed by atoms with E-state index in [1.807, 2.05) is 0 Å². The Morgan fingerprint density at radius 1 is 1.22 bits per heavy atom. The molecule has 2 fully saturated rings. The van der Waals surface area contributed by atoms with Crippen LogP contribution < -0.4 is 5.32 Å². The lowest BCUT2D eigenvalue weighted by Gasteiger charge is -2.28. The summed E-state index contributed by atoms with van der Waals surface area (Å²) in [6.45, 7) is 2.49. The van der Waals surface area contributed by atoms with Crippen LogP contribution in [0.2, 0.25) is 0 Å². The zero-order valence-corrected chi connectivity index (χ0v) is 11.4. The number of likely N-dealkylation sites (tertiary alicyclic amines) is 1. The largest absolute Gasteiger partial charge is 0.396 e. The summed E-state index contributed by atoms with van der Waals surface area (Å²) in [7, 11) is 2.12. The lowest BCUT2D eigenvalue weighted by Crippen LogP contribution is -2.38. The van der Waals surface area contributed by atoms with E-state index in [4.69, 9.17) is 5.11 Å². The van der Waals surface area contributed by atoms with Crippen LogP contribution in [0.25, 0.3) is 0 Å². The first-order valence-electron chi connectivity index (χ1n) is 7.26. The van der Waals surface area contributed by atoms with Crippen molar-refractivity contribution in [3.05, 3.63) is 0 Å². The summed E-state index contributed by atoms with van der Waals surface area (Å²) in [5.41, 5.74) is 0. The van der Waals surface area contributed by atoms with E-state index in [9.17, 15) is 4.79 Å². The molecular weight excluding hydrogens is 228 g/mol. The predicted octanol–water partition coefficient (Wildman–Crippen LogP) is 0.995. The Balaban J connectivity index is 1.65. The zero-order chi connectivity index (χ0) is 13.0. The Bertz CT molecular complexity index is 275. The Morgan fingerprint density at radius 2 is 1.94 bits per heavy atom. The number of aliphatic hydroxyl groups is 1. The molecule has 0 bridgehead atoms. The molecule has 4 heteroatoms. The summed E-state index contributed by atoms with van der Waals surface area (Å²) in [6, 6.07) is 0.347. The Labute approximate surface area is 110 Å². The molecule has 2 aliphatic rings. The fourth-order valence-corrected chi connectivity index (χ4v) is 3.23. The third kappa shape index (κ3) is 3.95. The van der Waals surface area contributed by atoms with Crippen LogP contribution in [0.4, 0.5) is 0 Å². The van der Waals surface area contributed by atoms with Crippen molar-refractivity contribution in [3.8, 4) is 0 Å². The summed E-state index contributed by atoms with van der Waals surface area (Å²) in [4.78, 5) is 14.2. The minimum Gasteiger partial charge on any atom is -0.396 e. The lowest BCUT2D eigenvalue weighted by atomic mass is 9.86. The highest BCUT2D eigenvalue weighted by molar-refractivity contribution is 5.76. The van der Waals surface area contributed by atoms with Crippen LogP contribution in [-0.4, -0.2) is 48.7 Å². The number of rotatable bonds is 4. The molecule has 1 unspecified atom stereocenters. The van der Waals surface area contributed by atoms with Gasteiger partial charge in [0, 0.05) is 25.6 Å². The highest BCUT2D eigenvalue weighted by Gasteiger charge is 2.25. The smallest absolute Gasteiger partial charge is 0.220 e. The minimum atomic E-state index is 0.225. The second kappa shape index (κ2) is 6.53. The molecule has 2 N–H and O–H groups in total. The Kier molecular flexibility index (Phi) is 5.01. The highest BCUT2D eigenvalue weighted by Crippen LogP contribution is 2.24. The van der Waals surface area contributed by atoms with Crippen LogP contribution in [0, 0.1) is 11.8 Å². The monoisotopic (exact) mass is 254 g/mol. The second-order valence-electron chi connectivity index (χ2n) is 6.09. The van der Waals surface area contributed by atoms with Crippen molar-refractivity contribution in [2.75, 3.05) is 26.7 Å². The maximum atomic E-state index is 11.9. The Morgan fingerprint density at radius 3 is 2.50 bits per heavy atom. The summed E-state index contributed by atoms with van der Waals surface area (Å²) in [5, 5.41) is 12.2. The van der Waals surface area contributed by atoms with E-state index in [-0.39, 0.29) is 5.91 Å². The van der Waals surface area contributed by atoms with E-state index in [0.29, 0.717) is 30.9 Å². The average molecular weight is 254 g/mol. The lowest BCUT2D eigenvalue weighted by molar-refractivity contribution is -0.122. The Hall–Kier alpha value is -0.610. The maximum Gasteiger partial charge on any atom is 0.220 e. The molecule has 2 rings (SSSR count). The number of aliphatic hydroxyl groups excluding tert-OH is 1. The van der Waals surface area contributed by atoms with Gasteiger partial charge >= 0.3 is 0 Å². The number of carbonyl (C=O) groups is 1. The summed E-state index contributed by atoms with van der Waals surface area (Å²) < 4.78 is 0. The number of hydrogen-bond acceptors (Lipinski definition) is 3. The minimum absolute atomic E-state index is 0.225. The van der Waals surface area contributed by atoms with Crippen LogP contribution in [-0.2, 0) is 4.79 Å². The van der Waals surface area contributed by atoms with E-state index in [0.717, 1.165) is 45.2 Å². The molecule has 1 atom stereocenters. The maximum absolute atomic E-state index is 11.9. The summed E-state index contributed by atoms with van der Waals surface area (Å²) in [6.07, 6.45) is 6.00. The van der Waals surface area contributed by atoms with Crippen LogP contribution in [0.3, 0.4) is 0 Å². The van der Waals surface area contributed by atoms with Crippen molar-refractivity contribution < 1.29 is 9.90 Å². The molecule has 0 spiro atoms. The van der Waals surface area contributed by atoms with Crippen LogP contribution in [0.5, 0.6) is 0 Å². The fraction of sp³-hybridized carbons (Fsp3) is 0.929. The van der Waals surface area contributed by atoms with Crippen molar-refractivity contribution in [3.63, 3.8) is 0 Å². The molecule has 1 aliphatic heterocycles. The van der Waals surface area contributed by atoms with Crippen LogP contribution in [0.1, 0.15) is 38.5 Å². The van der Waals surface area contributed by atoms with Crippen molar-refractivity contribution in [1.82, 2.24) is 10.2 Å². The quantitative estimate of drug-likeness (QED) is 0.787. The molecular formula is C14H26N2O2. The van der Waals surface area contributed by atoms with Gasteiger partial charge in [-0.3, -0.25) is 4.79 Å². The molecule has 1 amide bonds. The van der Waals surface area contributed by atoms with Gasteiger partial charge in [-0.25, -0.2) is 0 Å². The van der Waals surface area contributed by atoms with E-state index in [1.165, 1.54) is 0 Å². The molecule has 104 valence electrons. The summed E-state index contributed by atoms with van der Waals surface area (Å²) in [5.74, 6) is 1.23. The number of nitrogens with zero attached hydrogens (tertiary/aromatic N) is 1. The molecule has 1 heterocycles. The predicted molar refractivity (Wildman–Crippen MR) is 71.2 cm³/mol. The van der Waals surface area contributed by atoms with Gasteiger partial charge in [-0.1, -0.05) is 0 Å². The topological polar surface area (TPSA) is 52.6 Å². The number of carbonyl (C=O) groups excluding carboxylic acids is 1. The molecule has 1 aliphatic carbocycles. The molecule has 0 radical (unpaired) electrons. The first-order valence-corrected chi connectivity index (χ1v) is 7.26. The van der Waals surface area contributed by atoms with Gasteiger partial charge in [0.25, 0.3) is 0 Å². The van der Waals surface area contributed by atoms with Gasteiger partial charge < -0.3 is 15.3 Å².